The lowest BCUT2D eigenvalue weighted by atomic mass is 9.83. The molecule has 2 radical (unpaired) electrons. The van der Waals surface area contributed by atoms with Crippen molar-refractivity contribution in [3.05, 3.63) is 29.4 Å². The average molecular weight is 443 g/mol. The van der Waals surface area contributed by atoms with E-state index in [1.165, 1.54) is 62.5 Å². The van der Waals surface area contributed by atoms with E-state index in [1.807, 2.05) is 0 Å². The molecule has 0 bridgehead atoms. The van der Waals surface area contributed by atoms with Crippen molar-refractivity contribution in [2.24, 2.45) is 17.8 Å². The molecule has 0 aliphatic carbocycles. The summed E-state index contributed by atoms with van der Waals surface area (Å²) in [4.78, 5) is 0. The van der Waals surface area contributed by atoms with Crippen LogP contribution in [-0.4, -0.2) is 5.60 Å². The smallest absolute Gasteiger partial charge is 0.180 e. The van der Waals surface area contributed by atoms with Crippen molar-refractivity contribution in [3.63, 3.8) is 0 Å². The molecule has 0 unspecified atom stereocenters. The minimum atomic E-state index is -0.0631. The summed E-state index contributed by atoms with van der Waals surface area (Å²) in [5, 5.41) is 0. The molecule has 1 aliphatic heterocycles. The van der Waals surface area contributed by atoms with E-state index in [0.717, 1.165) is 59.6 Å². The fraction of sp³-hybridized carbons (Fsp3) is 0.767. The summed E-state index contributed by atoms with van der Waals surface area (Å²) in [6.07, 6.45) is 14.1. The fourth-order valence-electron chi connectivity index (χ4n) is 5.44. The van der Waals surface area contributed by atoms with Gasteiger partial charge in [0.25, 0.3) is 0 Å². The van der Waals surface area contributed by atoms with Crippen molar-refractivity contribution in [1.29, 1.82) is 0 Å². The average Bonchev–Trinajstić information content (AvgIpc) is 2.72. The highest BCUT2D eigenvalue weighted by Crippen LogP contribution is 2.45. The molecule has 3 atom stereocenters. The summed E-state index contributed by atoms with van der Waals surface area (Å²) in [6.45, 7) is 18.2. The van der Waals surface area contributed by atoms with Gasteiger partial charge in [0.15, 0.2) is 7.11 Å². The van der Waals surface area contributed by atoms with E-state index in [0.29, 0.717) is 0 Å². The number of rotatable bonds is 13. The van der Waals surface area contributed by atoms with Crippen molar-refractivity contribution < 1.29 is 9.47 Å². The second kappa shape index (κ2) is 12.3. The van der Waals surface area contributed by atoms with Gasteiger partial charge in [-0.15, -0.1) is 0 Å². The van der Waals surface area contributed by atoms with E-state index in [9.17, 15) is 0 Å². The summed E-state index contributed by atoms with van der Waals surface area (Å²) < 4.78 is 11.8. The second-order valence-electron chi connectivity index (χ2n) is 11.5. The van der Waals surface area contributed by atoms with Crippen LogP contribution in [0.25, 0.3) is 0 Å². The van der Waals surface area contributed by atoms with E-state index < -0.39 is 0 Å². The molecule has 0 amide bonds. The Balaban J connectivity index is 1.77. The first-order valence-electron chi connectivity index (χ1n) is 13.3. The number of hydrogen-bond acceptors (Lipinski definition) is 2. The molecule has 0 aromatic heterocycles. The number of ether oxygens (including phenoxy) is 2. The van der Waals surface area contributed by atoms with Crippen molar-refractivity contribution in [2.45, 2.75) is 132 Å². The van der Waals surface area contributed by atoms with E-state index >= 15 is 0 Å². The Morgan fingerprint density at radius 3 is 1.97 bits per heavy atom. The highest BCUT2D eigenvalue weighted by molar-refractivity contribution is 5.59. The van der Waals surface area contributed by atoms with Crippen LogP contribution >= 0.6 is 0 Å². The molecule has 0 fully saturated rings. The lowest BCUT2D eigenvalue weighted by Crippen LogP contribution is -2.37. The van der Waals surface area contributed by atoms with Gasteiger partial charge in [0, 0.05) is 5.56 Å². The molecule has 182 valence electrons. The molecule has 0 saturated heterocycles. The predicted octanol–water partition coefficient (Wildman–Crippen LogP) is 9.18. The summed E-state index contributed by atoms with van der Waals surface area (Å²) in [7, 11) is 5.54. The molecule has 2 nitrogen and oxygen atoms in total. The van der Waals surface area contributed by atoms with Crippen molar-refractivity contribution in [3.8, 4) is 11.5 Å². The zero-order valence-electron chi connectivity index (χ0n) is 22.4. The van der Waals surface area contributed by atoms with Crippen LogP contribution in [0.4, 0.5) is 0 Å². The third kappa shape index (κ3) is 7.42. The van der Waals surface area contributed by atoms with Crippen LogP contribution in [0.1, 0.15) is 121 Å². The van der Waals surface area contributed by atoms with Crippen molar-refractivity contribution >= 4 is 0 Å². The zero-order chi connectivity index (χ0) is 23.9. The van der Waals surface area contributed by atoms with Crippen LogP contribution in [0, 0.1) is 45.6 Å². The fourth-order valence-corrected chi connectivity index (χ4v) is 5.44. The van der Waals surface area contributed by atoms with Gasteiger partial charge in [0.2, 0.25) is 0 Å². The molecular weight excluding hydrogens is 392 g/mol. The minimum absolute atomic E-state index is 0.0631. The van der Waals surface area contributed by atoms with Gasteiger partial charge in [0.1, 0.15) is 17.1 Å². The standard InChI is InChI=1S/C30H50O2/c1-21(2)13-10-14-22(3)15-11-16-23(4)17-12-19-30(8)20-18-27-26(7)28(31-9)24(5)25(6)29(27)32-30/h9,21-23H,10-20H2,1-8H3/t22-,23-,30-/m1/s1. The predicted molar refractivity (Wildman–Crippen MR) is 138 cm³/mol. The molecule has 1 heterocycles. The molecule has 2 heteroatoms. The third-order valence-corrected chi connectivity index (χ3v) is 7.96. The van der Waals surface area contributed by atoms with Crippen LogP contribution in [0.2, 0.25) is 0 Å². The van der Waals surface area contributed by atoms with Gasteiger partial charge in [-0.05, 0) is 87.8 Å². The Morgan fingerprint density at radius 1 is 0.844 bits per heavy atom. The molecule has 32 heavy (non-hydrogen) atoms. The molecular formula is C30H50O2. The lowest BCUT2D eigenvalue weighted by Gasteiger charge is -2.38. The summed E-state index contributed by atoms with van der Waals surface area (Å²) in [5.74, 6) is 4.44. The minimum Gasteiger partial charge on any atom is -0.487 e. The molecule has 1 aliphatic rings. The molecule has 0 spiro atoms. The first-order chi connectivity index (χ1) is 15.1. The molecule has 1 aromatic rings. The topological polar surface area (TPSA) is 18.5 Å². The lowest BCUT2D eigenvalue weighted by molar-refractivity contribution is 0.0512. The maximum Gasteiger partial charge on any atom is 0.180 e. The van der Waals surface area contributed by atoms with Crippen LogP contribution in [-0.2, 0) is 6.42 Å². The number of fused-ring (bicyclic) bond motifs is 1. The first-order valence-corrected chi connectivity index (χ1v) is 13.3. The van der Waals surface area contributed by atoms with Gasteiger partial charge in [-0.25, -0.2) is 0 Å². The molecule has 0 N–H and O–H groups in total. The zero-order valence-corrected chi connectivity index (χ0v) is 22.4. The van der Waals surface area contributed by atoms with Crippen LogP contribution in [0.15, 0.2) is 0 Å². The van der Waals surface area contributed by atoms with Gasteiger partial charge in [0.05, 0.1) is 0 Å². The molecule has 2 rings (SSSR count). The van der Waals surface area contributed by atoms with E-state index in [4.69, 9.17) is 16.6 Å². The highest BCUT2D eigenvalue weighted by atomic mass is 16.5. The number of benzene rings is 1. The van der Waals surface area contributed by atoms with Gasteiger partial charge in [-0.1, -0.05) is 72.6 Å². The highest BCUT2D eigenvalue weighted by Gasteiger charge is 2.34. The summed E-state index contributed by atoms with van der Waals surface area (Å²) in [6, 6.07) is 0. The van der Waals surface area contributed by atoms with Crippen LogP contribution < -0.4 is 9.47 Å². The maximum atomic E-state index is 6.66. The normalized spacial score (nSPS) is 20.1. The SMILES string of the molecule is [CH]Oc1c(C)c(C)c2c(c1C)CC[C@@](C)(CCC[C@H](C)CCC[C@H](C)CCCC(C)C)O2. The van der Waals surface area contributed by atoms with Crippen molar-refractivity contribution in [2.75, 3.05) is 0 Å². The van der Waals surface area contributed by atoms with E-state index in [1.54, 1.807) is 0 Å². The third-order valence-electron chi connectivity index (χ3n) is 7.96. The van der Waals surface area contributed by atoms with Crippen molar-refractivity contribution in [1.82, 2.24) is 0 Å². The number of hydrogen-bond donors (Lipinski definition) is 0. The quantitative estimate of drug-likeness (QED) is 0.303. The Kier molecular flexibility index (Phi) is 10.4. The van der Waals surface area contributed by atoms with Gasteiger partial charge >= 0.3 is 0 Å². The summed E-state index contributed by atoms with van der Waals surface area (Å²) >= 11 is 0. The first kappa shape index (κ1) is 27.1. The maximum absolute atomic E-state index is 6.66. The molecule has 0 saturated carbocycles. The van der Waals surface area contributed by atoms with Gasteiger partial charge < -0.3 is 9.47 Å². The Labute approximate surface area is 199 Å². The Bertz CT molecular complexity index is 720. The van der Waals surface area contributed by atoms with E-state index in [2.05, 4.69) is 55.4 Å². The monoisotopic (exact) mass is 442 g/mol. The van der Waals surface area contributed by atoms with Crippen LogP contribution in [0.3, 0.4) is 0 Å². The van der Waals surface area contributed by atoms with E-state index in [-0.39, 0.29) is 5.60 Å². The second-order valence-corrected chi connectivity index (χ2v) is 11.5. The molecule has 1 aromatic carbocycles. The Morgan fingerprint density at radius 2 is 1.41 bits per heavy atom. The Hall–Kier alpha value is -1.18. The van der Waals surface area contributed by atoms with Crippen LogP contribution in [0.5, 0.6) is 11.5 Å². The van der Waals surface area contributed by atoms with Gasteiger partial charge in [-0.2, -0.15) is 0 Å². The summed E-state index contributed by atoms with van der Waals surface area (Å²) in [5.41, 5.74) is 4.63. The van der Waals surface area contributed by atoms with Gasteiger partial charge in [-0.3, -0.25) is 0 Å². The largest absolute Gasteiger partial charge is 0.487 e.